The summed E-state index contributed by atoms with van der Waals surface area (Å²) in [4.78, 5) is 11.2. The maximum absolute atomic E-state index is 11.2. The number of rotatable bonds is 2. The molecule has 0 fully saturated rings. The van der Waals surface area contributed by atoms with Gasteiger partial charge in [-0.05, 0) is 28.1 Å². The normalized spacial score (nSPS) is 11.3. The number of carbonyl (C=O) groups is 1. The van der Waals surface area contributed by atoms with E-state index in [1.807, 2.05) is 0 Å². The third kappa shape index (κ3) is 2.70. The van der Waals surface area contributed by atoms with Crippen molar-refractivity contribution in [3.8, 4) is 0 Å². The summed E-state index contributed by atoms with van der Waals surface area (Å²) < 4.78 is 5.08. The molecule has 15 heavy (non-hydrogen) atoms. The first-order valence-corrected chi connectivity index (χ1v) is 5.03. The SMILES string of the molecule is COC(=O)c1ccc(C(Cl)=NO)cc1Br. The van der Waals surface area contributed by atoms with E-state index < -0.39 is 5.97 Å². The summed E-state index contributed by atoms with van der Waals surface area (Å²) in [6.45, 7) is 0. The van der Waals surface area contributed by atoms with Crippen molar-refractivity contribution >= 4 is 38.7 Å². The molecule has 0 heterocycles. The van der Waals surface area contributed by atoms with Gasteiger partial charge in [0.05, 0.1) is 12.7 Å². The molecular formula is C9H7BrClNO3. The zero-order chi connectivity index (χ0) is 11.4. The number of oxime groups is 1. The van der Waals surface area contributed by atoms with E-state index in [0.717, 1.165) is 0 Å². The van der Waals surface area contributed by atoms with Gasteiger partial charge < -0.3 is 9.94 Å². The van der Waals surface area contributed by atoms with Crippen molar-refractivity contribution in [1.29, 1.82) is 0 Å². The van der Waals surface area contributed by atoms with Crippen LogP contribution in [0.15, 0.2) is 27.8 Å². The fourth-order valence-corrected chi connectivity index (χ4v) is 1.63. The number of benzene rings is 1. The molecule has 0 spiro atoms. The second kappa shape index (κ2) is 5.14. The Morgan fingerprint density at radius 3 is 2.73 bits per heavy atom. The number of hydrogen-bond acceptors (Lipinski definition) is 4. The Hall–Kier alpha value is -1.07. The minimum Gasteiger partial charge on any atom is -0.465 e. The van der Waals surface area contributed by atoms with Crippen LogP contribution in [0.3, 0.4) is 0 Å². The summed E-state index contributed by atoms with van der Waals surface area (Å²) in [7, 11) is 1.30. The molecule has 1 aromatic rings. The van der Waals surface area contributed by atoms with Gasteiger partial charge in [0.25, 0.3) is 0 Å². The molecular weight excluding hydrogens is 285 g/mol. The molecule has 0 unspecified atom stereocenters. The van der Waals surface area contributed by atoms with Gasteiger partial charge in [0.2, 0.25) is 0 Å². The van der Waals surface area contributed by atoms with Crippen LogP contribution in [0.4, 0.5) is 0 Å². The van der Waals surface area contributed by atoms with Gasteiger partial charge >= 0.3 is 5.97 Å². The predicted octanol–water partition coefficient (Wildman–Crippen LogP) is 2.61. The van der Waals surface area contributed by atoms with Crippen molar-refractivity contribution in [3.63, 3.8) is 0 Å². The topological polar surface area (TPSA) is 58.9 Å². The first kappa shape index (κ1) is 12.0. The van der Waals surface area contributed by atoms with Gasteiger partial charge in [-0.15, -0.1) is 0 Å². The molecule has 0 aliphatic carbocycles. The Bertz CT molecular complexity index is 420. The molecule has 80 valence electrons. The molecule has 0 saturated carbocycles. The second-order valence-electron chi connectivity index (χ2n) is 2.58. The summed E-state index contributed by atoms with van der Waals surface area (Å²) in [6.07, 6.45) is 0. The molecule has 0 saturated heterocycles. The quantitative estimate of drug-likeness (QED) is 0.394. The lowest BCUT2D eigenvalue weighted by atomic mass is 10.1. The summed E-state index contributed by atoms with van der Waals surface area (Å²) >= 11 is 8.78. The van der Waals surface area contributed by atoms with Gasteiger partial charge in [0.15, 0.2) is 5.17 Å². The van der Waals surface area contributed by atoms with Crippen molar-refractivity contribution in [1.82, 2.24) is 0 Å². The zero-order valence-electron chi connectivity index (χ0n) is 7.70. The van der Waals surface area contributed by atoms with E-state index in [-0.39, 0.29) is 5.17 Å². The Kier molecular flexibility index (Phi) is 4.11. The van der Waals surface area contributed by atoms with Crippen LogP contribution in [0.5, 0.6) is 0 Å². The average Bonchev–Trinajstić information content (AvgIpc) is 2.26. The summed E-state index contributed by atoms with van der Waals surface area (Å²) in [5.41, 5.74) is 0.877. The van der Waals surface area contributed by atoms with Crippen molar-refractivity contribution in [2.45, 2.75) is 0 Å². The van der Waals surface area contributed by atoms with E-state index in [0.29, 0.717) is 15.6 Å². The van der Waals surface area contributed by atoms with E-state index in [4.69, 9.17) is 16.8 Å². The van der Waals surface area contributed by atoms with Crippen LogP contribution < -0.4 is 0 Å². The monoisotopic (exact) mass is 291 g/mol. The fourth-order valence-electron chi connectivity index (χ4n) is 0.977. The molecule has 0 aliphatic heterocycles. The third-order valence-corrected chi connectivity index (χ3v) is 2.65. The number of halogens is 2. The van der Waals surface area contributed by atoms with Gasteiger partial charge in [-0.25, -0.2) is 4.79 Å². The van der Waals surface area contributed by atoms with Gasteiger partial charge in [0.1, 0.15) is 0 Å². The van der Waals surface area contributed by atoms with Crippen molar-refractivity contribution < 1.29 is 14.7 Å². The Morgan fingerprint density at radius 2 is 2.27 bits per heavy atom. The Balaban J connectivity index is 3.14. The second-order valence-corrected chi connectivity index (χ2v) is 3.79. The number of methoxy groups -OCH3 is 1. The van der Waals surface area contributed by atoms with E-state index >= 15 is 0 Å². The molecule has 0 aromatic heterocycles. The molecule has 0 aliphatic rings. The fraction of sp³-hybridized carbons (Fsp3) is 0.111. The van der Waals surface area contributed by atoms with Gasteiger partial charge in [0, 0.05) is 10.0 Å². The molecule has 1 rings (SSSR count). The predicted molar refractivity (Wildman–Crippen MR) is 59.7 cm³/mol. The van der Waals surface area contributed by atoms with E-state index in [1.165, 1.54) is 13.2 Å². The third-order valence-electron chi connectivity index (χ3n) is 1.70. The lowest BCUT2D eigenvalue weighted by molar-refractivity contribution is 0.0599. The van der Waals surface area contributed by atoms with Crippen LogP contribution in [0.1, 0.15) is 15.9 Å². The van der Waals surface area contributed by atoms with Gasteiger partial charge in [-0.3, -0.25) is 0 Å². The smallest absolute Gasteiger partial charge is 0.339 e. The van der Waals surface area contributed by atoms with Crippen LogP contribution in [0.2, 0.25) is 0 Å². The van der Waals surface area contributed by atoms with E-state index in [9.17, 15) is 4.79 Å². The molecule has 0 radical (unpaired) electrons. The number of ether oxygens (including phenoxy) is 1. The molecule has 6 heteroatoms. The number of nitrogens with zero attached hydrogens (tertiary/aromatic N) is 1. The molecule has 4 nitrogen and oxygen atoms in total. The van der Waals surface area contributed by atoms with E-state index in [1.54, 1.807) is 12.1 Å². The van der Waals surface area contributed by atoms with Gasteiger partial charge in [-0.2, -0.15) is 0 Å². The Morgan fingerprint density at radius 1 is 1.60 bits per heavy atom. The first-order valence-electron chi connectivity index (χ1n) is 3.86. The first-order chi connectivity index (χ1) is 7.10. The number of carbonyl (C=O) groups excluding carboxylic acids is 1. The van der Waals surface area contributed by atoms with Crippen molar-refractivity contribution in [2.24, 2.45) is 5.16 Å². The van der Waals surface area contributed by atoms with Crippen LogP contribution >= 0.6 is 27.5 Å². The molecule has 0 atom stereocenters. The average molecular weight is 293 g/mol. The summed E-state index contributed by atoms with van der Waals surface area (Å²) in [5.74, 6) is -0.453. The maximum Gasteiger partial charge on any atom is 0.339 e. The molecule has 1 aromatic carbocycles. The molecule has 0 amide bonds. The van der Waals surface area contributed by atoms with Crippen LogP contribution in [0, 0.1) is 0 Å². The lowest BCUT2D eigenvalue weighted by Gasteiger charge is -2.03. The van der Waals surface area contributed by atoms with Crippen LogP contribution in [0.25, 0.3) is 0 Å². The highest BCUT2D eigenvalue weighted by molar-refractivity contribution is 9.10. The highest BCUT2D eigenvalue weighted by Gasteiger charge is 2.11. The maximum atomic E-state index is 11.2. The largest absolute Gasteiger partial charge is 0.465 e. The van der Waals surface area contributed by atoms with Crippen molar-refractivity contribution in [2.75, 3.05) is 7.11 Å². The van der Waals surface area contributed by atoms with Gasteiger partial charge in [-0.1, -0.05) is 22.8 Å². The minimum atomic E-state index is -0.453. The zero-order valence-corrected chi connectivity index (χ0v) is 10.0. The highest BCUT2D eigenvalue weighted by atomic mass is 79.9. The lowest BCUT2D eigenvalue weighted by Crippen LogP contribution is -2.03. The molecule has 1 N–H and O–H groups in total. The standard InChI is InChI=1S/C9H7BrClNO3/c1-15-9(13)6-3-2-5(4-7(6)10)8(11)12-14/h2-4,14H,1H3. The van der Waals surface area contributed by atoms with Crippen molar-refractivity contribution in [3.05, 3.63) is 33.8 Å². The number of hydrogen-bond donors (Lipinski definition) is 1. The number of esters is 1. The minimum absolute atomic E-state index is 0.0490. The molecule has 0 bridgehead atoms. The highest BCUT2D eigenvalue weighted by Crippen LogP contribution is 2.20. The summed E-state index contributed by atoms with van der Waals surface area (Å²) in [6, 6.07) is 4.65. The van der Waals surface area contributed by atoms with Crippen LogP contribution in [-0.2, 0) is 4.74 Å². The van der Waals surface area contributed by atoms with Crippen LogP contribution in [-0.4, -0.2) is 23.5 Å². The Labute approximate surface area is 99.6 Å². The summed E-state index contributed by atoms with van der Waals surface area (Å²) in [5, 5.41) is 11.2. The van der Waals surface area contributed by atoms with E-state index in [2.05, 4.69) is 25.8 Å².